The lowest BCUT2D eigenvalue weighted by Crippen LogP contribution is -1.97. The number of alkyl halides is 1. The van der Waals surface area contributed by atoms with Gasteiger partial charge in [0.1, 0.15) is 10.8 Å². The summed E-state index contributed by atoms with van der Waals surface area (Å²) in [6.45, 7) is 2.01. The van der Waals surface area contributed by atoms with E-state index < -0.39 is 7.60 Å². The summed E-state index contributed by atoms with van der Waals surface area (Å²) in [4.78, 5) is 0. The van der Waals surface area contributed by atoms with Crippen LogP contribution in [-0.2, 0) is 13.6 Å². The van der Waals surface area contributed by atoms with E-state index in [4.69, 9.17) is 14.3 Å². The minimum Gasteiger partial charge on any atom is -0.308 e. The van der Waals surface area contributed by atoms with Gasteiger partial charge < -0.3 is 4.52 Å². The van der Waals surface area contributed by atoms with Crippen LogP contribution in [0, 0.1) is 11.3 Å². The van der Waals surface area contributed by atoms with Crippen LogP contribution in [0.3, 0.4) is 0 Å². The molecule has 0 bridgehead atoms. The predicted octanol–water partition coefficient (Wildman–Crippen LogP) is 2.15. The van der Waals surface area contributed by atoms with Gasteiger partial charge in [0.15, 0.2) is 0 Å². The molecule has 0 N–H and O–H groups in total. The lowest BCUT2D eigenvalue weighted by Gasteiger charge is -2.12. The van der Waals surface area contributed by atoms with E-state index in [1.165, 1.54) is 0 Å². The molecule has 0 saturated carbocycles. The molecule has 0 rings (SSSR count). The van der Waals surface area contributed by atoms with Crippen LogP contribution < -0.4 is 0 Å². The van der Waals surface area contributed by atoms with E-state index in [1.54, 1.807) is 13.0 Å². The van der Waals surface area contributed by atoms with Crippen molar-refractivity contribution < 1.29 is 13.6 Å². The van der Waals surface area contributed by atoms with Crippen molar-refractivity contribution in [1.82, 2.24) is 0 Å². The molecule has 6 heteroatoms. The molecule has 0 aromatic carbocycles. The standard InChI is InChI=1S/C5H9INO3P/c1-2-9-11(8,4-3-7)10-5-6/h2,4-5H2,1H3. The lowest BCUT2D eigenvalue weighted by molar-refractivity contribution is 0.244. The second-order valence-corrected chi connectivity index (χ2v) is 4.26. The quantitative estimate of drug-likeness (QED) is 0.442. The van der Waals surface area contributed by atoms with Crippen molar-refractivity contribution in [2.24, 2.45) is 0 Å². The normalized spacial score (nSPS) is 15.4. The van der Waals surface area contributed by atoms with Gasteiger partial charge in [0.25, 0.3) is 0 Å². The molecule has 0 aliphatic rings. The van der Waals surface area contributed by atoms with Crippen molar-refractivity contribution in [1.29, 1.82) is 5.26 Å². The molecule has 0 radical (unpaired) electrons. The molecule has 0 fully saturated rings. The first kappa shape index (κ1) is 11.4. The van der Waals surface area contributed by atoms with Crippen LogP contribution in [0.1, 0.15) is 6.92 Å². The molecule has 0 saturated heterocycles. The lowest BCUT2D eigenvalue weighted by atomic mass is 10.9. The second kappa shape index (κ2) is 5.95. The molecule has 11 heavy (non-hydrogen) atoms. The van der Waals surface area contributed by atoms with E-state index in [0.717, 1.165) is 0 Å². The molecule has 0 amide bonds. The van der Waals surface area contributed by atoms with Gasteiger partial charge in [-0.2, -0.15) is 5.26 Å². The van der Waals surface area contributed by atoms with Gasteiger partial charge in [-0.05, 0) is 6.92 Å². The number of halogens is 1. The fourth-order valence-electron chi connectivity index (χ4n) is 0.486. The molecule has 4 nitrogen and oxygen atoms in total. The van der Waals surface area contributed by atoms with Gasteiger partial charge in [-0.1, -0.05) is 22.6 Å². The van der Waals surface area contributed by atoms with Crippen molar-refractivity contribution in [2.45, 2.75) is 6.92 Å². The summed E-state index contributed by atoms with van der Waals surface area (Å²) < 4.78 is 21.2. The van der Waals surface area contributed by atoms with Crippen LogP contribution in [0.15, 0.2) is 0 Å². The topological polar surface area (TPSA) is 59.3 Å². The van der Waals surface area contributed by atoms with Gasteiger partial charge in [-0.25, -0.2) is 0 Å². The summed E-state index contributed by atoms with van der Waals surface area (Å²) in [5.74, 6) is 0. The fourth-order valence-corrected chi connectivity index (χ4v) is 2.73. The van der Waals surface area contributed by atoms with Gasteiger partial charge in [-0.15, -0.1) is 0 Å². The fraction of sp³-hybridized carbons (Fsp3) is 0.800. The van der Waals surface area contributed by atoms with E-state index in [1.807, 2.05) is 22.6 Å². The van der Waals surface area contributed by atoms with E-state index >= 15 is 0 Å². The average molecular weight is 289 g/mol. The van der Waals surface area contributed by atoms with E-state index in [0.29, 0.717) is 6.61 Å². The van der Waals surface area contributed by atoms with Crippen LogP contribution in [-0.4, -0.2) is 17.4 Å². The van der Waals surface area contributed by atoms with Crippen LogP contribution in [0.2, 0.25) is 0 Å². The number of nitriles is 1. The Morgan fingerprint density at radius 1 is 1.64 bits per heavy atom. The Morgan fingerprint density at radius 3 is 2.64 bits per heavy atom. The minimum atomic E-state index is -3.09. The summed E-state index contributed by atoms with van der Waals surface area (Å²) in [6, 6.07) is 1.76. The van der Waals surface area contributed by atoms with Crippen molar-refractivity contribution in [3.8, 4) is 6.07 Å². The average Bonchev–Trinajstić information content (AvgIpc) is 1.88. The highest BCUT2D eigenvalue weighted by molar-refractivity contribution is 14.1. The molecule has 0 spiro atoms. The Bertz CT molecular complexity index is 181. The third-order valence-electron chi connectivity index (χ3n) is 0.836. The molecule has 0 aliphatic heterocycles. The molecule has 0 heterocycles. The second-order valence-electron chi connectivity index (χ2n) is 1.58. The number of hydrogen-bond acceptors (Lipinski definition) is 4. The SMILES string of the molecule is CCOP(=O)(CC#N)OCI. The molecular formula is C5H9INO3P. The Labute approximate surface area is 79.5 Å². The first-order valence-corrected chi connectivity index (χ1v) is 6.25. The highest BCUT2D eigenvalue weighted by atomic mass is 127. The molecule has 1 unspecified atom stereocenters. The maximum absolute atomic E-state index is 11.3. The predicted molar refractivity (Wildman–Crippen MR) is 49.7 cm³/mol. The van der Waals surface area contributed by atoms with Gasteiger partial charge in [-0.3, -0.25) is 9.09 Å². The summed E-state index contributed by atoms with van der Waals surface area (Å²) in [5.41, 5.74) is 0. The van der Waals surface area contributed by atoms with Gasteiger partial charge in [0.2, 0.25) is 0 Å². The molecule has 0 aliphatic carbocycles. The Hall–Kier alpha value is 0.370. The third kappa shape index (κ3) is 4.75. The zero-order valence-corrected chi connectivity index (χ0v) is 9.17. The van der Waals surface area contributed by atoms with Crippen LogP contribution in [0.4, 0.5) is 0 Å². The van der Waals surface area contributed by atoms with Crippen molar-refractivity contribution in [2.75, 3.05) is 17.4 Å². The van der Waals surface area contributed by atoms with E-state index in [9.17, 15) is 4.57 Å². The third-order valence-corrected chi connectivity index (χ3v) is 3.34. The van der Waals surface area contributed by atoms with E-state index in [-0.39, 0.29) is 10.8 Å². The summed E-state index contributed by atoms with van der Waals surface area (Å²) in [5, 5.41) is 8.27. The van der Waals surface area contributed by atoms with Crippen molar-refractivity contribution in [3.63, 3.8) is 0 Å². The Balaban J connectivity index is 4.04. The highest BCUT2D eigenvalue weighted by Gasteiger charge is 2.22. The molecule has 1 atom stereocenters. The number of hydrogen-bond donors (Lipinski definition) is 0. The molecule has 0 aromatic heterocycles. The summed E-state index contributed by atoms with van der Waals surface area (Å²) in [6.07, 6.45) is -0.177. The van der Waals surface area contributed by atoms with Crippen LogP contribution in [0.5, 0.6) is 0 Å². The summed E-state index contributed by atoms with van der Waals surface area (Å²) >= 11 is 1.91. The minimum absolute atomic E-state index is 0.177. The zero-order valence-electron chi connectivity index (χ0n) is 6.12. The maximum Gasteiger partial charge on any atom is 0.345 e. The highest BCUT2D eigenvalue weighted by Crippen LogP contribution is 2.47. The van der Waals surface area contributed by atoms with Crippen LogP contribution >= 0.6 is 30.2 Å². The Kier molecular flexibility index (Phi) is 6.15. The van der Waals surface area contributed by atoms with Gasteiger partial charge >= 0.3 is 7.60 Å². The van der Waals surface area contributed by atoms with Crippen molar-refractivity contribution >= 4 is 30.2 Å². The monoisotopic (exact) mass is 289 g/mol. The molecule has 64 valence electrons. The molecule has 0 aromatic rings. The van der Waals surface area contributed by atoms with Crippen LogP contribution in [0.25, 0.3) is 0 Å². The van der Waals surface area contributed by atoms with Gasteiger partial charge in [0, 0.05) is 0 Å². The number of rotatable bonds is 5. The first-order valence-electron chi connectivity index (χ1n) is 2.99. The Morgan fingerprint density at radius 2 is 2.27 bits per heavy atom. The van der Waals surface area contributed by atoms with Crippen molar-refractivity contribution in [3.05, 3.63) is 0 Å². The zero-order chi connectivity index (χ0) is 8.74. The summed E-state index contributed by atoms with van der Waals surface area (Å²) in [7, 11) is -3.09. The van der Waals surface area contributed by atoms with E-state index in [2.05, 4.69) is 0 Å². The first-order chi connectivity index (χ1) is 5.18. The number of nitrogens with zero attached hydrogens (tertiary/aromatic N) is 1. The molecular weight excluding hydrogens is 280 g/mol. The smallest absolute Gasteiger partial charge is 0.308 e. The largest absolute Gasteiger partial charge is 0.345 e. The maximum atomic E-state index is 11.3. The van der Waals surface area contributed by atoms with Gasteiger partial charge in [0.05, 0.1) is 12.7 Å².